The number of rotatable bonds is 7. The number of hydrogen-bond donors (Lipinski definition) is 2. The molecule has 5 aromatic rings. The fraction of sp³-hybridized carbons (Fsp3) is 0.265. The third-order valence-corrected chi connectivity index (χ3v) is 8.35. The molecule has 3 aromatic carbocycles. The van der Waals surface area contributed by atoms with Crippen LogP contribution in [-0.2, 0) is 5.60 Å². The van der Waals surface area contributed by atoms with Crippen molar-refractivity contribution in [2.24, 2.45) is 0 Å². The molecular weight excluding hydrogens is 657 g/mol. The van der Waals surface area contributed by atoms with Gasteiger partial charge in [0.25, 0.3) is 0 Å². The summed E-state index contributed by atoms with van der Waals surface area (Å²) < 4.78 is 102. The number of aromatic nitrogens is 4. The smallest absolute Gasteiger partial charge is 0.384 e. The molecule has 0 saturated carbocycles. The Morgan fingerprint density at radius 2 is 1.31 bits per heavy atom. The Balaban J connectivity index is 1.37. The highest BCUT2D eigenvalue weighted by Crippen LogP contribution is 2.42. The van der Waals surface area contributed by atoms with Crippen LogP contribution in [-0.4, -0.2) is 62.3 Å². The van der Waals surface area contributed by atoms with E-state index in [0.717, 1.165) is 23.3 Å². The highest BCUT2D eigenvalue weighted by atomic mass is 19.4. The Hall–Kier alpha value is -5.02. The molecule has 1 aliphatic rings. The summed E-state index contributed by atoms with van der Waals surface area (Å²) in [6.45, 7) is 4.33. The number of anilines is 2. The van der Waals surface area contributed by atoms with Crippen molar-refractivity contribution in [1.29, 1.82) is 0 Å². The molecule has 256 valence electrons. The highest BCUT2D eigenvalue weighted by molar-refractivity contribution is 5.87. The number of pyridine rings is 1. The third kappa shape index (κ3) is 6.68. The van der Waals surface area contributed by atoms with Crippen LogP contribution in [0.1, 0.15) is 31.2 Å². The number of nitrogens with zero attached hydrogens (tertiary/aromatic N) is 6. The molecule has 3 heterocycles. The van der Waals surface area contributed by atoms with Crippen LogP contribution in [0.15, 0.2) is 73.3 Å². The quantitative estimate of drug-likeness (QED) is 0.146. The van der Waals surface area contributed by atoms with Crippen LogP contribution in [0.2, 0.25) is 0 Å². The molecule has 15 heteroatoms. The number of benzene rings is 3. The van der Waals surface area contributed by atoms with Crippen molar-refractivity contribution in [2.45, 2.75) is 31.7 Å². The van der Waals surface area contributed by atoms with E-state index in [2.05, 4.69) is 15.2 Å². The van der Waals surface area contributed by atoms with Gasteiger partial charge in [0.2, 0.25) is 5.95 Å². The number of aliphatic hydroxyl groups excluding tert-OH is 1. The van der Waals surface area contributed by atoms with Crippen LogP contribution in [0, 0.1) is 23.4 Å². The van der Waals surface area contributed by atoms with Crippen molar-refractivity contribution in [2.75, 3.05) is 36.0 Å². The molecule has 0 unspecified atom stereocenters. The Kier molecular flexibility index (Phi) is 8.83. The van der Waals surface area contributed by atoms with Crippen molar-refractivity contribution < 1.29 is 40.9 Å². The van der Waals surface area contributed by atoms with E-state index in [4.69, 9.17) is 0 Å². The minimum atomic E-state index is -4.79. The first-order valence-electron chi connectivity index (χ1n) is 15.0. The lowest BCUT2D eigenvalue weighted by Gasteiger charge is -2.37. The van der Waals surface area contributed by atoms with Crippen LogP contribution >= 0.6 is 0 Å². The van der Waals surface area contributed by atoms with E-state index in [1.807, 2.05) is 9.80 Å². The van der Waals surface area contributed by atoms with E-state index >= 15 is 13.2 Å². The van der Waals surface area contributed by atoms with Crippen molar-refractivity contribution in [1.82, 2.24) is 19.7 Å². The average Bonchev–Trinajstić information content (AvgIpc) is 3.58. The maximum atomic E-state index is 16.5. The van der Waals surface area contributed by atoms with Crippen LogP contribution < -0.4 is 9.80 Å². The molecular formula is C34H29F7N6O2. The Morgan fingerprint density at radius 1 is 0.735 bits per heavy atom. The van der Waals surface area contributed by atoms with E-state index in [-0.39, 0.29) is 33.6 Å². The normalized spacial score (nSPS) is 14.8. The summed E-state index contributed by atoms with van der Waals surface area (Å²) in [6, 6.07) is 12.8. The molecule has 1 fully saturated rings. The van der Waals surface area contributed by atoms with Crippen molar-refractivity contribution in [3.63, 3.8) is 0 Å². The molecule has 0 amide bonds. The number of aliphatic hydroxyl groups is 2. The third-order valence-electron chi connectivity index (χ3n) is 8.35. The second kappa shape index (κ2) is 12.8. The average molecular weight is 687 g/mol. The predicted molar refractivity (Wildman–Crippen MR) is 167 cm³/mol. The second-order valence-corrected chi connectivity index (χ2v) is 12.1. The summed E-state index contributed by atoms with van der Waals surface area (Å²) in [5.41, 5.74) is -2.30. The minimum Gasteiger partial charge on any atom is -0.384 e. The summed E-state index contributed by atoms with van der Waals surface area (Å²) in [4.78, 5) is 7.80. The zero-order valence-electron chi connectivity index (χ0n) is 26.1. The van der Waals surface area contributed by atoms with E-state index in [1.54, 1.807) is 6.07 Å². The van der Waals surface area contributed by atoms with Gasteiger partial charge in [0.1, 0.15) is 41.3 Å². The lowest BCUT2D eigenvalue weighted by atomic mass is 9.92. The van der Waals surface area contributed by atoms with Gasteiger partial charge in [0.05, 0.1) is 5.56 Å². The first kappa shape index (κ1) is 33.9. The topological polar surface area (TPSA) is 90.5 Å². The van der Waals surface area contributed by atoms with Crippen LogP contribution in [0.4, 0.5) is 42.1 Å². The summed E-state index contributed by atoms with van der Waals surface area (Å²) in [6.07, 6.45) is -5.07. The molecule has 1 aliphatic heterocycles. The molecule has 1 atom stereocenters. The minimum absolute atomic E-state index is 0.0431. The van der Waals surface area contributed by atoms with E-state index in [9.17, 15) is 27.8 Å². The summed E-state index contributed by atoms with van der Waals surface area (Å²) in [5, 5.41) is 27.6. The van der Waals surface area contributed by atoms with Gasteiger partial charge in [-0.15, -0.1) is 10.2 Å². The van der Waals surface area contributed by atoms with Crippen LogP contribution in [0.3, 0.4) is 0 Å². The van der Waals surface area contributed by atoms with Gasteiger partial charge < -0.3 is 20.0 Å². The van der Waals surface area contributed by atoms with Gasteiger partial charge >= 0.3 is 6.18 Å². The molecule has 0 aliphatic carbocycles. The predicted octanol–water partition coefficient (Wildman–Crippen LogP) is 6.70. The van der Waals surface area contributed by atoms with E-state index < -0.39 is 46.8 Å². The van der Waals surface area contributed by atoms with Gasteiger partial charge in [-0.2, -0.15) is 17.6 Å². The highest BCUT2D eigenvalue weighted by Gasteiger charge is 2.39. The maximum absolute atomic E-state index is 16.5. The van der Waals surface area contributed by atoms with Gasteiger partial charge in [-0.05, 0) is 66.9 Å². The zero-order valence-corrected chi connectivity index (χ0v) is 26.1. The fourth-order valence-electron chi connectivity index (χ4n) is 5.88. The first-order chi connectivity index (χ1) is 23.1. The van der Waals surface area contributed by atoms with Crippen LogP contribution in [0.25, 0.3) is 27.9 Å². The molecule has 6 rings (SSSR count). The van der Waals surface area contributed by atoms with Crippen molar-refractivity contribution in [3.05, 3.63) is 108 Å². The number of hydrogen-bond acceptors (Lipinski definition) is 7. The standard InChI is InChI=1S/C34H29F7N6O2/c1-33(2,49)30-29(47-17-42-43-18-47)28(37)27(32(38)44-30)24-10-8-22(16-25(24)23-9-5-20(35)15-26(23)36)46-13-11-45(12-14-46)21-6-3-19(4-7-21)31(48)34(39,40)41/h3-10,15-18,31,48-49H,11-14H2,1-2H3/t31-/m1/s1. The Labute approximate surface area is 275 Å². The van der Waals surface area contributed by atoms with Gasteiger partial charge in [0.15, 0.2) is 11.9 Å². The summed E-state index contributed by atoms with van der Waals surface area (Å²) in [7, 11) is 0. The maximum Gasteiger partial charge on any atom is 0.418 e. The molecule has 0 spiro atoms. The SMILES string of the molecule is CC(C)(O)c1nc(F)c(-c2ccc(N3CCN(c4ccc([C@@H](O)C(F)(F)F)cc4)CC3)cc2-c2ccc(F)cc2F)c(F)c1-n1cnnc1. The van der Waals surface area contributed by atoms with E-state index in [0.29, 0.717) is 43.6 Å². The lowest BCUT2D eigenvalue weighted by Crippen LogP contribution is -2.46. The number of halogens is 7. The Bertz CT molecular complexity index is 1970. The molecule has 0 bridgehead atoms. The zero-order chi connectivity index (χ0) is 35.2. The van der Waals surface area contributed by atoms with Gasteiger partial charge in [-0.1, -0.05) is 18.2 Å². The fourth-order valence-corrected chi connectivity index (χ4v) is 5.88. The van der Waals surface area contributed by atoms with Crippen molar-refractivity contribution >= 4 is 11.4 Å². The molecule has 2 N–H and O–H groups in total. The molecule has 0 radical (unpaired) electrons. The van der Waals surface area contributed by atoms with Gasteiger partial charge in [0, 0.05) is 49.2 Å². The van der Waals surface area contributed by atoms with Crippen LogP contribution in [0.5, 0.6) is 0 Å². The van der Waals surface area contributed by atoms with Gasteiger partial charge in [-0.25, -0.2) is 18.2 Å². The lowest BCUT2D eigenvalue weighted by molar-refractivity contribution is -0.206. The molecule has 2 aromatic heterocycles. The first-order valence-corrected chi connectivity index (χ1v) is 15.0. The molecule has 49 heavy (non-hydrogen) atoms. The monoisotopic (exact) mass is 686 g/mol. The second-order valence-electron chi connectivity index (χ2n) is 12.1. The Morgan fingerprint density at radius 3 is 1.88 bits per heavy atom. The number of piperazine rings is 1. The van der Waals surface area contributed by atoms with Gasteiger partial charge in [-0.3, -0.25) is 4.57 Å². The molecule has 1 saturated heterocycles. The summed E-state index contributed by atoms with van der Waals surface area (Å²) >= 11 is 0. The molecule has 8 nitrogen and oxygen atoms in total. The largest absolute Gasteiger partial charge is 0.418 e. The van der Waals surface area contributed by atoms with E-state index in [1.165, 1.54) is 56.3 Å². The summed E-state index contributed by atoms with van der Waals surface area (Å²) in [5.74, 6) is -4.21. The van der Waals surface area contributed by atoms with Crippen molar-refractivity contribution in [3.8, 4) is 27.9 Å². The number of alkyl halides is 3.